The summed E-state index contributed by atoms with van der Waals surface area (Å²) in [4.78, 5) is 14.6. The number of pyridine rings is 1. The number of fused-ring (bicyclic) bond motifs is 1. The standard InChI is InChI=1S/C16H17N5O2S/c1-21(2)15-8-10-17-14(20-15)11-19-24(22,23)13-7-3-5-12-6-4-9-18-16(12)13/h3-10,19H,11H2,1-2H3. The van der Waals surface area contributed by atoms with Gasteiger partial charge in [-0.15, -0.1) is 0 Å². The average Bonchev–Trinajstić information content (AvgIpc) is 2.60. The highest BCUT2D eigenvalue weighted by atomic mass is 32.2. The molecule has 2 heterocycles. The number of aromatic nitrogens is 3. The molecule has 3 aromatic rings. The van der Waals surface area contributed by atoms with Crippen molar-refractivity contribution in [2.24, 2.45) is 0 Å². The topological polar surface area (TPSA) is 88.1 Å². The van der Waals surface area contributed by atoms with Crippen LogP contribution in [0.15, 0.2) is 53.7 Å². The minimum absolute atomic E-state index is 0.00718. The zero-order valence-corrected chi connectivity index (χ0v) is 14.2. The Morgan fingerprint density at radius 2 is 1.83 bits per heavy atom. The van der Waals surface area contributed by atoms with Gasteiger partial charge >= 0.3 is 0 Å². The van der Waals surface area contributed by atoms with Crippen molar-refractivity contribution < 1.29 is 8.42 Å². The zero-order chi connectivity index (χ0) is 17.2. The predicted octanol–water partition coefficient (Wildman–Crippen LogP) is 1.57. The van der Waals surface area contributed by atoms with Gasteiger partial charge < -0.3 is 4.90 Å². The molecule has 7 nitrogen and oxygen atoms in total. The summed E-state index contributed by atoms with van der Waals surface area (Å²) < 4.78 is 27.8. The molecule has 0 aliphatic heterocycles. The molecule has 0 amide bonds. The van der Waals surface area contributed by atoms with Crippen molar-refractivity contribution in [2.75, 3.05) is 19.0 Å². The zero-order valence-electron chi connectivity index (χ0n) is 13.3. The van der Waals surface area contributed by atoms with Gasteiger partial charge in [-0.25, -0.2) is 23.1 Å². The molecule has 2 aromatic heterocycles. The van der Waals surface area contributed by atoms with Crippen molar-refractivity contribution in [3.8, 4) is 0 Å². The summed E-state index contributed by atoms with van der Waals surface area (Å²) in [6, 6.07) is 10.4. The molecule has 24 heavy (non-hydrogen) atoms. The van der Waals surface area contributed by atoms with Crippen molar-refractivity contribution in [2.45, 2.75) is 11.4 Å². The first-order valence-electron chi connectivity index (χ1n) is 7.30. The monoisotopic (exact) mass is 343 g/mol. The van der Waals surface area contributed by atoms with Gasteiger partial charge in [-0.1, -0.05) is 18.2 Å². The van der Waals surface area contributed by atoms with E-state index in [-0.39, 0.29) is 11.4 Å². The lowest BCUT2D eigenvalue weighted by molar-refractivity contribution is 0.580. The van der Waals surface area contributed by atoms with Crippen molar-refractivity contribution in [1.29, 1.82) is 0 Å². The van der Waals surface area contributed by atoms with E-state index < -0.39 is 10.0 Å². The minimum Gasteiger partial charge on any atom is -0.363 e. The van der Waals surface area contributed by atoms with Crippen LogP contribution in [0.5, 0.6) is 0 Å². The maximum Gasteiger partial charge on any atom is 0.243 e. The maximum absolute atomic E-state index is 12.6. The number of anilines is 1. The number of benzene rings is 1. The highest BCUT2D eigenvalue weighted by molar-refractivity contribution is 7.89. The van der Waals surface area contributed by atoms with Crippen LogP contribution in [0.4, 0.5) is 5.82 Å². The number of hydrogen-bond donors (Lipinski definition) is 1. The fourth-order valence-electron chi connectivity index (χ4n) is 2.25. The molecule has 0 radical (unpaired) electrons. The Morgan fingerprint density at radius 3 is 2.62 bits per heavy atom. The Kier molecular flexibility index (Phi) is 4.41. The Hall–Kier alpha value is -2.58. The summed E-state index contributed by atoms with van der Waals surface area (Å²) in [5.74, 6) is 1.11. The van der Waals surface area contributed by atoms with E-state index in [9.17, 15) is 8.42 Å². The van der Waals surface area contributed by atoms with Crippen molar-refractivity contribution in [3.63, 3.8) is 0 Å². The molecule has 8 heteroatoms. The smallest absolute Gasteiger partial charge is 0.243 e. The van der Waals surface area contributed by atoms with Crippen LogP contribution >= 0.6 is 0 Å². The number of sulfonamides is 1. The van der Waals surface area contributed by atoms with Crippen LogP contribution in [0, 0.1) is 0 Å². The fraction of sp³-hybridized carbons (Fsp3) is 0.188. The second-order valence-electron chi connectivity index (χ2n) is 5.38. The van der Waals surface area contributed by atoms with Crippen LogP contribution < -0.4 is 9.62 Å². The molecule has 0 fully saturated rings. The Balaban J connectivity index is 1.87. The number of para-hydroxylation sites is 1. The Morgan fingerprint density at radius 1 is 1.04 bits per heavy atom. The quantitative estimate of drug-likeness (QED) is 0.756. The van der Waals surface area contributed by atoms with Gasteiger partial charge in [0.1, 0.15) is 16.5 Å². The van der Waals surface area contributed by atoms with Crippen LogP contribution in [-0.4, -0.2) is 37.5 Å². The summed E-state index contributed by atoms with van der Waals surface area (Å²) in [7, 11) is -0.00590. The predicted molar refractivity (Wildman–Crippen MR) is 92.1 cm³/mol. The summed E-state index contributed by atoms with van der Waals surface area (Å²) in [5.41, 5.74) is 0.440. The molecule has 0 bridgehead atoms. The lowest BCUT2D eigenvalue weighted by atomic mass is 10.2. The number of nitrogens with one attached hydrogen (secondary N) is 1. The molecule has 1 N–H and O–H groups in total. The van der Waals surface area contributed by atoms with Crippen LogP contribution in [0.2, 0.25) is 0 Å². The lowest BCUT2D eigenvalue weighted by Crippen LogP contribution is -2.25. The molecular formula is C16H17N5O2S. The number of hydrogen-bond acceptors (Lipinski definition) is 6. The van der Waals surface area contributed by atoms with E-state index in [2.05, 4.69) is 19.7 Å². The highest BCUT2D eigenvalue weighted by Gasteiger charge is 2.18. The third kappa shape index (κ3) is 3.34. The van der Waals surface area contributed by atoms with Gasteiger partial charge in [-0.2, -0.15) is 0 Å². The van der Waals surface area contributed by atoms with E-state index >= 15 is 0 Å². The first-order valence-corrected chi connectivity index (χ1v) is 8.78. The van der Waals surface area contributed by atoms with Crippen LogP contribution in [0.1, 0.15) is 5.82 Å². The van der Waals surface area contributed by atoms with Gasteiger partial charge in [0.25, 0.3) is 0 Å². The third-order valence-corrected chi connectivity index (χ3v) is 4.89. The maximum atomic E-state index is 12.6. The summed E-state index contributed by atoms with van der Waals surface area (Å²) in [5, 5.41) is 0.770. The molecule has 1 aromatic carbocycles. The van der Waals surface area contributed by atoms with Crippen molar-refractivity contribution in [1.82, 2.24) is 19.7 Å². The molecule has 0 unspecified atom stereocenters. The second-order valence-corrected chi connectivity index (χ2v) is 7.12. The molecule has 3 rings (SSSR count). The number of nitrogens with zero attached hydrogens (tertiary/aromatic N) is 4. The highest BCUT2D eigenvalue weighted by Crippen LogP contribution is 2.20. The molecule has 0 aliphatic rings. The van der Waals surface area contributed by atoms with Gasteiger partial charge in [0.2, 0.25) is 10.0 Å². The first-order chi connectivity index (χ1) is 11.5. The minimum atomic E-state index is -3.72. The van der Waals surface area contributed by atoms with Gasteiger partial charge in [0.15, 0.2) is 0 Å². The molecule has 0 spiro atoms. The molecule has 0 saturated carbocycles. The normalized spacial score (nSPS) is 11.6. The van der Waals surface area contributed by atoms with E-state index in [0.717, 1.165) is 5.39 Å². The van der Waals surface area contributed by atoms with Gasteiger partial charge in [0, 0.05) is 31.9 Å². The molecule has 124 valence electrons. The lowest BCUT2D eigenvalue weighted by Gasteiger charge is -2.12. The molecule has 0 atom stereocenters. The van der Waals surface area contributed by atoms with Gasteiger partial charge in [-0.3, -0.25) is 4.98 Å². The molecular weight excluding hydrogens is 326 g/mol. The molecule has 0 saturated heterocycles. The average molecular weight is 343 g/mol. The van der Waals surface area contributed by atoms with E-state index in [0.29, 0.717) is 17.2 Å². The summed E-state index contributed by atoms with van der Waals surface area (Å²) in [6.45, 7) is 0.00718. The van der Waals surface area contributed by atoms with Crippen molar-refractivity contribution >= 4 is 26.7 Å². The van der Waals surface area contributed by atoms with Crippen LogP contribution in [-0.2, 0) is 16.6 Å². The van der Waals surface area contributed by atoms with E-state index in [1.807, 2.05) is 31.1 Å². The van der Waals surface area contributed by atoms with Crippen LogP contribution in [0.3, 0.4) is 0 Å². The number of rotatable bonds is 5. The Bertz CT molecular complexity index is 968. The molecule has 0 aliphatic carbocycles. The second kappa shape index (κ2) is 6.50. The largest absolute Gasteiger partial charge is 0.363 e. The summed E-state index contributed by atoms with van der Waals surface area (Å²) in [6.07, 6.45) is 3.18. The third-order valence-electron chi connectivity index (χ3n) is 3.45. The van der Waals surface area contributed by atoms with E-state index in [1.165, 1.54) is 6.07 Å². The van der Waals surface area contributed by atoms with Crippen molar-refractivity contribution in [3.05, 3.63) is 54.6 Å². The van der Waals surface area contributed by atoms with E-state index in [4.69, 9.17) is 0 Å². The first kappa shape index (κ1) is 16.3. The Labute approximate surface area is 140 Å². The van der Waals surface area contributed by atoms with Crippen LogP contribution in [0.25, 0.3) is 10.9 Å². The SMILES string of the molecule is CN(C)c1ccnc(CNS(=O)(=O)c2cccc3cccnc23)n1. The van der Waals surface area contributed by atoms with Gasteiger partial charge in [0.05, 0.1) is 12.1 Å². The van der Waals surface area contributed by atoms with E-state index in [1.54, 1.807) is 30.6 Å². The van der Waals surface area contributed by atoms with Gasteiger partial charge in [-0.05, 0) is 18.2 Å². The summed E-state index contributed by atoms with van der Waals surface area (Å²) >= 11 is 0. The fourth-order valence-corrected chi connectivity index (χ4v) is 3.41.